The van der Waals surface area contributed by atoms with Crippen molar-refractivity contribution in [1.82, 2.24) is 15.1 Å². The number of piperazine rings is 1. The summed E-state index contributed by atoms with van der Waals surface area (Å²) in [6, 6.07) is 0. The molecule has 0 spiro atoms. The fourth-order valence-corrected chi connectivity index (χ4v) is 1.33. The number of nitrogens with one attached hydrogen (secondary N) is 1. The monoisotopic (exact) mass is 229 g/mol. The summed E-state index contributed by atoms with van der Waals surface area (Å²) in [5.41, 5.74) is 0. The fraction of sp³-hybridized carbons (Fsp3) is 0.667. The molecule has 16 heavy (non-hydrogen) atoms. The Morgan fingerprint density at radius 1 is 1.38 bits per heavy atom. The molecule has 0 radical (unpaired) electrons. The van der Waals surface area contributed by atoms with Crippen molar-refractivity contribution in [2.24, 2.45) is 0 Å². The lowest BCUT2D eigenvalue weighted by Crippen LogP contribution is -2.54. The molecule has 0 unspecified atom stereocenters. The molecule has 2 N–H and O–H groups in total. The Bertz CT molecular complexity index is 305. The van der Waals surface area contributed by atoms with Crippen molar-refractivity contribution in [3.8, 4) is 0 Å². The van der Waals surface area contributed by atoms with Crippen molar-refractivity contribution in [2.75, 3.05) is 39.8 Å². The zero-order valence-electron chi connectivity index (χ0n) is 9.10. The van der Waals surface area contributed by atoms with E-state index in [-0.39, 0.29) is 50.5 Å². The molecule has 0 aromatic rings. The van der Waals surface area contributed by atoms with Gasteiger partial charge in [0.15, 0.2) is 0 Å². The molecule has 0 aliphatic carbocycles. The third-order valence-corrected chi connectivity index (χ3v) is 2.25. The van der Waals surface area contributed by atoms with Gasteiger partial charge in [-0.3, -0.25) is 14.4 Å². The molecule has 1 saturated heterocycles. The van der Waals surface area contributed by atoms with Crippen LogP contribution in [0, 0.1) is 0 Å². The van der Waals surface area contributed by atoms with Gasteiger partial charge in [0, 0.05) is 13.6 Å². The number of rotatable bonds is 4. The fourth-order valence-electron chi connectivity index (χ4n) is 1.33. The topological polar surface area (TPSA) is 90.0 Å². The highest BCUT2D eigenvalue weighted by Crippen LogP contribution is 2.01. The first-order chi connectivity index (χ1) is 7.54. The highest BCUT2D eigenvalue weighted by atomic mass is 16.3. The van der Waals surface area contributed by atoms with E-state index >= 15 is 0 Å². The second kappa shape index (κ2) is 5.45. The zero-order valence-corrected chi connectivity index (χ0v) is 9.10. The largest absolute Gasteiger partial charge is 0.395 e. The number of likely N-dealkylation sites (N-methyl/N-ethyl adjacent to an activating group) is 1. The summed E-state index contributed by atoms with van der Waals surface area (Å²) in [5, 5.41) is 10.9. The molecule has 0 saturated carbocycles. The lowest BCUT2D eigenvalue weighted by molar-refractivity contribution is -0.150. The van der Waals surface area contributed by atoms with Crippen LogP contribution in [-0.4, -0.2) is 72.5 Å². The van der Waals surface area contributed by atoms with E-state index in [1.807, 2.05) is 0 Å². The average molecular weight is 229 g/mol. The van der Waals surface area contributed by atoms with Crippen molar-refractivity contribution in [1.29, 1.82) is 0 Å². The Labute approximate surface area is 93.0 Å². The van der Waals surface area contributed by atoms with Crippen LogP contribution in [0.15, 0.2) is 0 Å². The van der Waals surface area contributed by atoms with Crippen molar-refractivity contribution < 1.29 is 19.5 Å². The highest BCUT2D eigenvalue weighted by molar-refractivity contribution is 5.94. The molecule has 90 valence electrons. The predicted octanol–water partition coefficient (Wildman–Crippen LogP) is -2.60. The van der Waals surface area contributed by atoms with E-state index in [4.69, 9.17) is 5.11 Å². The van der Waals surface area contributed by atoms with Crippen LogP contribution < -0.4 is 5.32 Å². The van der Waals surface area contributed by atoms with Crippen molar-refractivity contribution >= 4 is 17.7 Å². The average Bonchev–Trinajstić information content (AvgIpc) is 2.23. The molecule has 1 aliphatic heterocycles. The molecule has 0 aromatic carbocycles. The van der Waals surface area contributed by atoms with E-state index in [1.165, 1.54) is 9.80 Å². The Hall–Kier alpha value is -1.63. The summed E-state index contributed by atoms with van der Waals surface area (Å²) in [4.78, 5) is 36.6. The minimum atomic E-state index is -0.375. The first-order valence-corrected chi connectivity index (χ1v) is 4.94. The van der Waals surface area contributed by atoms with Crippen molar-refractivity contribution in [3.05, 3.63) is 0 Å². The molecule has 1 rings (SSSR count). The molecule has 1 heterocycles. The minimum absolute atomic E-state index is 0.00606. The highest BCUT2D eigenvalue weighted by Gasteiger charge is 2.28. The number of carbonyl (C=O) groups excluding carboxylic acids is 3. The van der Waals surface area contributed by atoms with E-state index in [2.05, 4.69) is 5.32 Å². The summed E-state index contributed by atoms with van der Waals surface area (Å²) in [6.07, 6.45) is 0. The standard InChI is InChI=1S/C9H15N3O4/c1-11-5-9(16)12(6-8(11)15)4-7(14)10-2-3-13/h13H,2-6H2,1H3,(H,10,14). The summed E-state index contributed by atoms with van der Waals surface area (Å²) < 4.78 is 0. The lowest BCUT2D eigenvalue weighted by atomic mass is 10.3. The summed E-state index contributed by atoms with van der Waals surface area (Å²) in [7, 11) is 1.55. The van der Waals surface area contributed by atoms with Crippen LogP contribution in [0.5, 0.6) is 0 Å². The number of nitrogens with zero attached hydrogens (tertiary/aromatic N) is 2. The maximum atomic E-state index is 11.5. The maximum absolute atomic E-state index is 11.5. The summed E-state index contributed by atoms with van der Waals surface area (Å²) >= 11 is 0. The molecule has 1 aliphatic rings. The Morgan fingerprint density at radius 2 is 2.06 bits per heavy atom. The van der Waals surface area contributed by atoms with Gasteiger partial charge in [0.2, 0.25) is 17.7 Å². The van der Waals surface area contributed by atoms with Crippen LogP contribution in [0.1, 0.15) is 0 Å². The second-order valence-electron chi connectivity index (χ2n) is 3.57. The number of hydrogen-bond donors (Lipinski definition) is 2. The van der Waals surface area contributed by atoms with Crippen LogP contribution >= 0.6 is 0 Å². The zero-order chi connectivity index (χ0) is 12.1. The van der Waals surface area contributed by atoms with Crippen LogP contribution in [0.3, 0.4) is 0 Å². The van der Waals surface area contributed by atoms with Crippen LogP contribution in [0.25, 0.3) is 0 Å². The Morgan fingerprint density at radius 3 is 2.69 bits per heavy atom. The van der Waals surface area contributed by atoms with Gasteiger partial charge in [-0.15, -0.1) is 0 Å². The van der Waals surface area contributed by atoms with Crippen LogP contribution in [0.4, 0.5) is 0 Å². The van der Waals surface area contributed by atoms with E-state index in [9.17, 15) is 14.4 Å². The van der Waals surface area contributed by atoms with Gasteiger partial charge in [-0.1, -0.05) is 0 Å². The SMILES string of the molecule is CN1CC(=O)N(CC(=O)NCCO)CC1=O. The van der Waals surface area contributed by atoms with Gasteiger partial charge in [0.25, 0.3) is 0 Å². The van der Waals surface area contributed by atoms with E-state index in [0.29, 0.717) is 0 Å². The third-order valence-electron chi connectivity index (χ3n) is 2.25. The number of aliphatic hydroxyl groups is 1. The minimum Gasteiger partial charge on any atom is -0.395 e. The summed E-state index contributed by atoms with van der Waals surface area (Å²) in [5.74, 6) is -0.810. The number of hydrogen-bond acceptors (Lipinski definition) is 4. The van der Waals surface area contributed by atoms with Gasteiger partial charge in [0.05, 0.1) is 13.2 Å². The molecule has 7 heteroatoms. The van der Waals surface area contributed by atoms with E-state index < -0.39 is 0 Å². The molecule has 0 aromatic heterocycles. The molecule has 0 atom stereocenters. The van der Waals surface area contributed by atoms with Gasteiger partial charge in [-0.05, 0) is 0 Å². The third kappa shape index (κ3) is 3.20. The van der Waals surface area contributed by atoms with Gasteiger partial charge in [0.1, 0.15) is 13.1 Å². The Kier molecular flexibility index (Phi) is 4.24. The van der Waals surface area contributed by atoms with Crippen molar-refractivity contribution in [2.45, 2.75) is 0 Å². The second-order valence-corrected chi connectivity index (χ2v) is 3.57. The molecule has 0 bridgehead atoms. The molecule has 1 fully saturated rings. The van der Waals surface area contributed by atoms with Gasteiger partial charge < -0.3 is 20.2 Å². The molecule has 7 nitrogen and oxygen atoms in total. The number of aliphatic hydroxyl groups excluding tert-OH is 1. The normalized spacial score (nSPS) is 16.6. The van der Waals surface area contributed by atoms with E-state index in [0.717, 1.165) is 0 Å². The van der Waals surface area contributed by atoms with Gasteiger partial charge >= 0.3 is 0 Å². The predicted molar refractivity (Wildman–Crippen MR) is 54.3 cm³/mol. The maximum Gasteiger partial charge on any atom is 0.243 e. The first-order valence-electron chi connectivity index (χ1n) is 4.94. The smallest absolute Gasteiger partial charge is 0.243 e. The van der Waals surface area contributed by atoms with Gasteiger partial charge in [-0.2, -0.15) is 0 Å². The van der Waals surface area contributed by atoms with Gasteiger partial charge in [-0.25, -0.2) is 0 Å². The van der Waals surface area contributed by atoms with Crippen molar-refractivity contribution in [3.63, 3.8) is 0 Å². The Balaban J connectivity index is 2.44. The number of amides is 3. The van der Waals surface area contributed by atoms with E-state index in [1.54, 1.807) is 7.05 Å². The molecule has 3 amide bonds. The number of carbonyl (C=O) groups is 3. The van der Waals surface area contributed by atoms with Crippen LogP contribution in [-0.2, 0) is 14.4 Å². The summed E-state index contributed by atoms with van der Waals surface area (Å²) in [6.45, 7) is -0.206. The lowest BCUT2D eigenvalue weighted by Gasteiger charge is -2.31. The first kappa shape index (κ1) is 12.4. The molecular weight excluding hydrogens is 214 g/mol. The molecular formula is C9H15N3O4. The van der Waals surface area contributed by atoms with Crippen LogP contribution in [0.2, 0.25) is 0 Å². The quantitative estimate of drug-likeness (QED) is 0.553.